The van der Waals surface area contributed by atoms with E-state index < -0.39 is 0 Å². The Bertz CT molecular complexity index is 781. The van der Waals surface area contributed by atoms with Crippen LogP contribution in [-0.4, -0.2) is 26.1 Å². The minimum absolute atomic E-state index is 0. The molecule has 4 heteroatoms. The first-order valence-electron chi connectivity index (χ1n) is 7.86. The van der Waals surface area contributed by atoms with Gasteiger partial charge >= 0.3 is 17.1 Å². The first-order valence-corrected chi connectivity index (χ1v) is 7.86. The van der Waals surface area contributed by atoms with Crippen molar-refractivity contribution in [1.29, 1.82) is 0 Å². The van der Waals surface area contributed by atoms with Crippen molar-refractivity contribution in [1.82, 2.24) is 4.90 Å². The minimum atomic E-state index is -0.302. The minimum Gasteiger partial charge on any atom is -0.616 e. The molecule has 25 heavy (non-hydrogen) atoms. The Morgan fingerprint density at radius 2 is 1.72 bits per heavy atom. The SMILES string of the molecule is CN(C)Cc1ccc[cH-]1.COC([O-])=c1ccc(=C2C=CC=C2)cc1.[Fe+2]. The second kappa shape index (κ2) is 10.7. The molecular formula is C21H23FeNO2. The predicted octanol–water partition coefficient (Wildman–Crippen LogP) is 1.50. The Balaban J connectivity index is 0.000000270. The maximum Gasteiger partial charge on any atom is 2.00 e. The van der Waals surface area contributed by atoms with Crippen molar-refractivity contribution < 1.29 is 26.9 Å². The maximum absolute atomic E-state index is 11.2. The summed E-state index contributed by atoms with van der Waals surface area (Å²) in [6.07, 6.45) is 8.05. The molecule has 1 aliphatic rings. The number of ether oxygens (including phenoxy) is 1. The monoisotopic (exact) mass is 377 g/mol. The largest absolute Gasteiger partial charge is 2.00 e. The normalized spacial score (nSPS) is 11.8. The fourth-order valence-corrected chi connectivity index (χ4v) is 2.37. The molecule has 1 aliphatic carbocycles. The summed E-state index contributed by atoms with van der Waals surface area (Å²) >= 11 is 0. The van der Waals surface area contributed by atoms with E-state index in [4.69, 9.17) is 0 Å². The van der Waals surface area contributed by atoms with Crippen LogP contribution in [0.4, 0.5) is 0 Å². The van der Waals surface area contributed by atoms with Crippen molar-refractivity contribution in [2.24, 2.45) is 0 Å². The first-order chi connectivity index (χ1) is 11.6. The van der Waals surface area contributed by atoms with Gasteiger partial charge in [-0.05, 0) is 43.8 Å². The van der Waals surface area contributed by atoms with Gasteiger partial charge in [0.15, 0.2) is 0 Å². The van der Waals surface area contributed by atoms with Crippen molar-refractivity contribution in [2.45, 2.75) is 6.54 Å². The van der Waals surface area contributed by atoms with E-state index in [2.05, 4.69) is 48.0 Å². The van der Waals surface area contributed by atoms with Crippen LogP contribution in [0.2, 0.25) is 0 Å². The first kappa shape index (κ1) is 20.9. The van der Waals surface area contributed by atoms with Crippen molar-refractivity contribution in [3.63, 3.8) is 0 Å². The Morgan fingerprint density at radius 3 is 2.20 bits per heavy atom. The summed E-state index contributed by atoms with van der Waals surface area (Å²) in [5, 5.41) is 12.9. The summed E-state index contributed by atoms with van der Waals surface area (Å²) in [4.78, 5) is 2.16. The fraction of sp³-hybridized carbons (Fsp3) is 0.190. The van der Waals surface area contributed by atoms with Gasteiger partial charge in [0, 0.05) is 0 Å². The van der Waals surface area contributed by atoms with Crippen molar-refractivity contribution in [2.75, 3.05) is 21.2 Å². The number of nitrogens with zero attached hydrogens (tertiary/aromatic N) is 1. The Kier molecular flexibility index (Phi) is 8.93. The molecule has 2 aromatic rings. The third kappa shape index (κ3) is 6.71. The van der Waals surface area contributed by atoms with Gasteiger partial charge in [0.1, 0.15) is 0 Å². The average molecular weight is 377 g/mol. The van der Waals surface area contributed by atoms with E-state index in [0.29, 0.717) is 5.22 Å². The molecule has 0 heterocycles. The van der Waals surface area contributed by atoms with Crippen LogP contribution in [-0.2, 0) is 28.4 Å². The van der Waals surface area contributed by atoms with Gasteiger partial charge in [0.2, 0.25) is 0 Å². The zero-order valence-corrected chi connectivity index (χ0v) is 15.9. The number of hydrogen-bond donors (Lipinski definition) is 0. The molecule has 0 atom stereocenters. The zero-order valence-electron chi connectivity index (χ0n) is 14.8. The Labute approximate surface area is 160 Å². The second-order valence-corrected chi connectivity index (χ2v) is 5.77. The molecular weight excluding hydrogens is 354 g/mol. The van der Waals surface area contributed by atoms with Crippen molar-refractivity contribution in [3.8, 4) is 0 Å². The zero-order chi connectivity index (χ0) is 17.4. The summed E-state index contributed by atoms with van der Waals surface area (Å²) in [7, 11) is 5.54. The number of rotatable bonds is 3. The van der Waals surface area contributed by atoms with Gasteiger partial charge in [0.05, 0.1) is 5.95 Å². The van der Waals surface area contributed by atoms with E-state index in [-0.39, 0.29) is 23.0 Å². The molecule has 0 N–H and O–H groups in total. The van der Waals surface area contributed by atoms with E-state index in [1.54, 1.807) is 12.1 Å². The Hall–Kier alpha value is -2.13. The number of benzene rings is 1. The smallest absolute Gasteiger partial charge is 0.616 e. The molecule has 0 aromatic heterocycles. The van der Waals surface area contributed by atoms with E-state index >= 15 is 0 Å². The van der Waals surface area contributed by atoms with Gasteiger partial charge in [0.25, 0.3) is 0 Å². The van der Waals surface area contributed by atoms with Crippen molar-refractivity contribution >= 4 is 11.5 Å². The van der Waals surface area contributed by atoms with Crippen LogP contribution in [0, 0.1) is 0 Å². The molecule has 0 radical (unpaired) electrons. The van der Waals surface area contributed by atoms with Crippen LogP contribution >= 0.6 is 0 Å². The summed E-state index contributed by atoms with van der Waals surface area (Å²) in [5.41, 5.74) is 2.55. The molecule has 0 unspecified atom stereocenters. The van der Waals surface area contributed by atoms with Gasteiger partial charge in [-0.25, -0.2) is 12.1 Å². The van der Waals surface area contributed by atoms with E-state index in [9.17, 15) is 5.11 Å². The van der Waals surface area contributed by atoms with Gasteiger partial charge < -0.3 is 14.7 Å². The molecule has 0 bridgehead atoms. The summed E-state index contributed by atoms with van der Waals surface area (Å²) in [6.45, 7) is 1.05. The number of hydrogen-bond acceptors (Lipinski definition) is 3. The Morgan fingerprint density at radius 1 is 1.08 bits per heavy atom. The molecule has 3 nitrogen and oxygen atoms in total. The molecule has 0 amide bonds. The maximum atomic E-state index is 11.2. The molecule has 0 spiro atoms. The molecule has 0 saturated heterocycles. The van der Waals surface area contributed by atoms with Crippen molar-refractivity contribution in [3.05, 3.63) is 88.8 Å². The predicted molar refractivity (Wildman–Crippen MR) is 97.2 cm³/mol. The van der Waals surface area contributed by atoms with Gasteiger partial charge in [-0.2, -0.15) is 17.7 Å². The topological polar surface area (TPSA) is 35.5 Å². The molecule has 0 aliphatic heterocycles. The quantitative estimate of drug-likeness (QED) is 0.601. The standard InChI is InChI=1S/C13H12O2.C8H12N.Fe/c1-15-13(14)12-8-6-11(7-9-12)10-4-2-3-5-10;1-9(2)7-8-5-3-4-6-8;/h2-9,14H,1H3;3-6H,7H2,1-2H3;/q;-1;+2/p-1. The van der Waals surface area contributed by atoms with Crippen LogP contribution in [0.15, 0.2) is 72.8 Å². The second-order valence-electron chi connectivity index (χ2n) is 5.77. The van der Waals surface area contributed by atoms with Crippen LogP contribution in [0.25, 0.3) is 11.5 Å². The van der Waals surface area contributed by atoms with Crippen LogP contribution in [0.1, 0.15) is 5.56 Å². The van der Waals surface area contributed by atoms with Crippen LogP contribution < -0.4 is 15.5 Å². The molecule has 0 fully saturated rings. The third-order valence-electron chi connectivity index (χ3n) is 3.53. The molecule has 132 valence electrons. The fourth-order valence-electron chi connectivity index (χ4n) is 2.37. The molecule has 2 aromatic carbocycles. The van der Waals surface area contributed by atoms with Gasteiger partial charge in [-0.3, -0.25) is 0 Å². The van der Waals surface area contributed by atoms with Gasteiger partial charge in [-0.1, -0.05) is 48.6 Å². The summed E-state index contributed by atoms with van der Waals surface area (Å²) < 4.78 is 4.63. The van der Waals surface area contributed by atoms with Gasteiger partial charge in [-0.15, -0.1) is 0 Å². The average Bonchev–Trinajstić information content (AvgIpc) is 3.28. The van der Waals surface area contributed by atoms with E-state index in [1.165, 1.54) is 12.7 Å². The van der Waals surface area contributed by atoms with E-state index in [1.807, 2.05) is 36.4 Å². The van der Waals surface area contributed by atoms with Crippen LogP contribution in [0.3, 0.4) is 0 Å². The van der Waals surface area contributed by atoms with Crippen LogP contribution in [0.5, 0.6) is 0 Å². The van der Waals surface area contributed by atoms with E-state index in [0.717, 1.165) is 17.3 Å². The number of methoxy groups -OCH3 is 1. The third-order valence-corrected chi connectivity index (χ3v) is 3.53. The molecule has 3 rings (SSSR count). The molecule has 0 saturated carbocycles. The summed E-state index contributed by atoms with van der Waals surface area (Å²) in [6, 6.07) is 15.8. The number of allylic oxidation sites excluding steroid dienone is 4. The summed E-state index contributed by atoms with van der Waals surface area (Å²) in [5.74, 6) is -0.302.